The van der Waals surface area contributed by atoms with Gasteiger partial charge in [0.2, 0.25) is 5.91 Å². The van der Waals surface area contributed by atoms with Gasteiger partial charge in [0.25, 0.3) is 5.91 Å². The molecule has 1 aromatic heterocycles. The van der Waals surface area contributed by atoms with E-state index in [0.29, 0.717) is 5.56 Å². The molecule has 1 atom stereocenters. The summed E-state index contributed by atoms with van der Waals surface area (Å²) in [5, 5.41) is 15.9. The second kappa shape index (κ2) is 9.38. The molecule has 1 aliphatic rings. The van der Waals surface area contributed by atoms with Gasteiger partial charge in [0.05, 0.1) is 22.6 Å². The zero-order chi connectivity index (χ0) is 21.8. The summed E-state index contributed by atoms with van der Waals surface area (Å²) in [6.45, 7) is -0.598. The second-order valence-corrected chi connectivity index (χ2v) is 8.99. The highest BCUT2D eigenvalue weighted by molar-refractivity contribution is 8.01. The van der Waals surface area contributed by atoms with E-state index in [0.717, 1.165) is 20.1 Å². The monoisotopic (exact) mass is 454 g/mol. The van der Waals surface area contributed by atoms with Crippen molar-refractivity contribution in [2.24, 2.45) is 5.10 Å². The number of aromatic nitrogens is 1. The van der Waals surface area contributed by atoms with Gasteiger partial charge in [0.1, 0.15) is 11.8 Å². The molecule has 0 spiro atoms. The Morgan fingerprint density at radius 3 is 2.77 bits per heavy atom. The number of hydrogen-bond acceptors (Lipinski definition) is 8. The van der Waals surface area contributed by atoms with Crippen LogP contribution in [-0.2, 0) is 20.8 Å². The van der Waals surface area contributed by atoms with E-state index in [1.165, 1.54) is 23.1 Å². The van der Waals surface area contributed by atoms with E-state index in [1.54, 1.807) is 12.1 Å². The van der Waals surface area contributed by atoms with Gasteiger partial charge in [0.15, 0.2) is 10.1 Å². The molecule has 3 N–H and O–H groups in total. The Morgan fingerprint density at radius 2 is 1.97 bits per heavy atom. The molecule has 3 aromatic rings. The summed E-state index contributed by atoms with van der Waals surface area (Å²) in [6, 6.07) is 13.7. The minimum absolute atomic E-state index is 0.0456. The fraction of sp³-hybridized carbons (Fsp3) is 0.190. The number of aliphatic hydroxyl groups is 1. The van der Waals surface area contributed by atoms with Gasteiger partial charge in [-0.2, -0.15) is 5.10 Å². The predicted molar refractivity (Wildman–Crippen MR) is 119 cm³/mol. The standard InChI is InChI=1S/C21H18N4O4S2/c26-10-15(20(29)25-24-19-13-6-2-1-5-12(13)9-16(19)27)22-18(28)11-30-21-23-14-7-3-4-8-17(14)31-21/h1-8,15,26H,9-11H2,(H,22,28)(H,25,29)/b24-19+. The van der Waals surface area contributed by atoms with E-state index in [-0.39, 0.29) is 23.7 Å². The fourth-order valence-corrected chi connectivity index (χ4v) is 4.97. The zero-order valence-corrected chi connectivity index (χ0v) is 17.8. The molecule has 0 bridgehead atoms. The molecule has 2 amide bonds. The molecule has 0 radical (unpaired) electrons. The van der Waals surface area contributed by atoms with Crippen molar-refractivity contribution in [2.45, 2.75) is 16.8 Å². The van der Waals surface area contributed by atoms with E-state index in [9.17, 15) is 19.5 Å². The molecule has 0 saturated carbocycles. The summed E-state index contributed by atoms with van der Waals surface area (Å²) in [7, 11) is 0. The van der Waals surface area contributed by atoms with Crippen LogP contribution in [0.5, 0.6) is 0 Å². The Bertz CT molecular complexity index is 1160. The average Bonchev–Trinajstić information content (AvgIpc) is 3.34. The summed E-state index contributed by atoms with van der Waals surface area (Å²) < 4.78 is 1.77. The van der Waals surface area contributed by atoms with E-state index >= 15 is 0 Å². The highest BCUT2D eigenvalue weighted by Crippen LogP contribution is 2.29. The lowest BCUT2D eigenvalue weighted by atomic mass is 10.1. The first kappa shape index (κ1) is 21.2. The Morgan fingerprint density at radius 1 is 1.19 bits per heavy atom. The average molecular weight is 455 g/mol. The summed E-state index contributed by atoms with van der Waals surface area (Å²) in [5.41, 5.74) is 4.83. The normalized spacial score (nSPS) is 15.1. The van der Waals surface area contributed by atoms with Gasteiger partial charge in [-0.1, -0.05) is 48.2 Å². The van der Waals surface area contributed by atoms with Crippen molar-refractivity contribution < 1.29 is 19.5 Å². The van der Waals surface area contributed by atoms with E-state index in [1.807, 2.05) is 36.4 Å². The third kappa shape index (κ3) is 4.82. The molecular formula is C21H18N4O4S2. The van der Waals surface area contributed by atoms with Gasteiger partial charge in [0, 0.05) is 12.0 Å². The quantitative estimate of drug-likeness (QED) is 0.368. The number of nitrogens with zero attached hydrogens (tertiary/aromatic N) is 2. The smallest absolute Gasteiger partial charge is 0.265 e. The highest BCUT2D eigenvalue weighted by Gasteiger charge is 2.27. The van der Waals surface area contributed by atoms with Gasteiger partial charge in [-0.15, -0.1) is 11.3 Å². The third-order valence-electron chi connectivity index (χ3n) is 4.60. The van der Waals surface area contributed by atoms with Crippen molar-refractivity contribution in [3.8, 4) is 0 Å². The summed E-state index contributed by atoms with van der Waals surface area (Å²) >= 11 is 2.74. The van der Waals surface area contributed by atoms with E-state index in [2.05, 4.69) is 20.8 Å². The first-order chi connectivity index (χ1) is 15.0. The van der Waals surface area contributed by atoms with Crippen molar-refractivity contribution in [3.05, 3.63) is 59.7 Å². The molecular weight excluding hydrogens is 436 g/mol. The van der Waals surface area contributed by atoms with E-state index in [4.69, 9.17) is 0 Å². The van der Waals surface area contributed by atoms with Crippen LogP contribution in [0.15, 0.2) is 58.0 Å². The number of benzene rings is 2. The van der Waals surface area contributed by atoms with Gasteiger partial charge in [-0.05, 0) is 17.7 Å². The molecule has 0 saturated heterocycles. The topological polar surface area (TPSA) is 121 Å². The van der Waals surface area contributed by atoms with E-state index < -0.39 is 24.5 Å². The number of ketones is 1. The predicted octanol–water partition coefficient (Wildman–Crippen LogP) is 1.51. The lowest BCUT2D eigenvalue weighted by Gasteiger charge is -2.14. The number of nitrogens with one attached hydrogen (secondary N) is 2. The lowest BCUT2D eigenvalue weighted by molar-refractivity contribution is -0.128. The van der Waals surface area contributed by atoms with Crippen molar-refractivity contribution >= 4 is 56.6 Å². The van der Waals surface area contributed by atoms with Crippen LogP contribution in [0, 0.1) is 0 Å². The number of amides is 2. The largest absolute Gasteiger partial charge is 0.394 e. The molecule has 31 heavy (non-hydrogen) atoms. The summed E-state index contributed by atoms with van der Waals surface area (Å²) in [4.78, 5) is 41.2. The minimum atomic E-state index is -1.18. The molecule has 0 aliphatic heterocycles. The second-order valence-electron chi connectivity index (χ2n) is 6.73. The number of aliphatic hydroxyl groups excluding tert-OH is 1. The van der Waals surface area contributed by atoms with Crippen LogP contribution >= 0.6 is 23.1 Å². The molecule has 4 rings (SSSR count). The molecule has 1 aliphatic carbocycles. The van der Waals surface area contributed by atoms with Gasteiger partial charge in [-0.25, -0.2) is 10.4 Å². The molecule has 158 valence electrons. The first-order valence-electron chi connectivity index (χ1n) is 9.43. The highest BCUT2D eigenvalue weighted by atomic mass is 32.2. The molecule has 8 nitrogen and oxygen atoms in total. The van der Waals surface area contributed by atoms with Crippen LogP contribution in [0.25, 0.3) is 10.2 Å². The Hall–Kier alpha value is -3.08. The van der Waals surface area contributed by atoms with Crippen LogP contribution in [0.1, 0.15) is 11.1 Å². The number of hydrogen-bond donors (Lipinski definition) is 3. The van der Waals surface area contributed by atoms with Crippen LogP contribution in [0.3, 0.4) is 0 Å². The Labute approximate surface area is 185 Å². The van der Waals surface area contributed by atoms with Crippen LogP contribution in [-0.4, -0.2) is 51.8 Å². The number of carbonyl (C=O) groups excluding carboxylic acids is 3. The van der Waals surface area contributed by atoms with Crippen molar-refractivity contribution in [1.29, 1.82) is 0 Å². The van der Waals surface area contributed by atoms with Crippen molar-refractivity contribution in [1.82, 2.24) is 15.7 Å². The number of hydrazone groups is 1. The summed E-state index contributed by atoms with van der Waals surface area (Å²) in [6.07, 6.45) is 0.230. The van der Waals surface area contributed by atoms with Crippen LogP contribution in [0.2, 0.25) is 0 Å². The maximum absolute atomic E-state index is 12.4. The summed E-state index contributed by atoms with van der Waals surface area (Å²) in [5.74, 6) is -1.28. The van der Waals surface area contributed by atoms with Crippen molar-refractivity contribution in [2.75, 3.05) is 12.4 Å². The number of Topliss-reactive ketones (excluding diaryl/α,β-unsaturated/α-hetero) is 1. The maximum atomic E-state index is 12.4. The fourth-order valence-electron chi connectivity index (χ4n) is 3.09. The number of rotatable bonds is 7. The zero-order valence-electron chi connectivity index (χ0n) is 16.2. The SMILES string of the molecule is O=C(CSc1nc2ccccc2s1)NC(CO)C(=O)N/N=C1/C(=O)Cc2ccccc21. The van der Waals surface area contributed by atoms with Crippen molar-refractivity contribution in [3.63, 3.8) is 0 Å². The van der Waals surface area contributed by atoms with Gasteiger partial charge >= 0.3 is 0 Å². The molecule has 1 unspecified atom stereocenters. The minimum Gasteiger partial charge on any atom is -0.394 e. The number of thiazole rings is 1. The van der Waals surface area contributed by atoms with Gasteiger partial charge < -0.3 is 10.4 Å². The molecule has 10 heteroatoms. The Kier molecular flexibility index (Phi) is 6.40. The van der Waals surface area contributed by atoms with Crippen LogP contribution < -0.4 is 10.7 Å². The molecule has 2 aromatic carbocycles. The molecule has 0 fully saturated rings. The van der Waals surface area contributed by atoms with Gasteiger partial charge in [-0.3, -0.25) is 14.4 Å². The van der Waals surface area contributed by atoms with Crippen LogP contribution in [0.4, 0.5) is 0 Å². The first-order valence-corrected chi connectivity index (χ1v) is 11.2. The maximum Gasteiger partial charge on any atom is 0.265 e. The lowest BCUT2D eigenvalue weighted by Crippen LogP contribution is -2.48. The third-order valence-corrected chi connectivity index (χ3v) is 6.78. The number of thioether (sulfide) groups is 1. The Balaban J connectivity index is 1.33. The molecule has 1 heterocycles. The number of fused-ring (bicyclic) bond motifs is 2. The number of para-hydroxylation sites is 1. The number of carbonyl (C=O) groups is 3.